The maximum atomic E-state index is 13.3. The van der Waals surface area contributed by atoms with E-state index in [0.717, 1.165) is 17.1 Å². The molecule has 0 aliphatic carbocycles. The van der Waals surface area contributed by atoms with Crippen molar-refractivity contribution < 1.29 is 18.4 Å². The molecule has 0 radical (unpaired) electrons. The van der Waals surface area contributed by atoms with Crippen molar-refractivity contribution in [3.05, 3.63) is 60.2 Å². The molecule has 0 spiro atoms. The largest absolute Gasteiger partial charge is 0.497 e. The molecule has 142 valence electrons. The minimum absolute atomic E-state index is 0.323. The summed E-state index contributed by atoms with van der Waals surface area (Å²) in [6, 6.07) is 11.6. The number of hydrogen-bond donors (Lipinski definition) is 1. The predicted molar refractivity (Wildman–Crippen MR) is 102 cm³/mol. The van der Waals surface area contributed by atoms with E-state index in [1.165, 1.54) is 18.5 Å². The SMILES string of the molecule is COc1ccc(OC)c(CNc2ncnc3onc(-c4ccc(F)cc4)c23)c1. The van der Waals surface area contributed by atoms with Gasteiger partial charge in [0.2, 0.25) is 0 Å². The van der Waals surface area contributed by atoms with E-state index in [9.17, 15) is 4.39 Å². The fourth-order valence-corrected chi connectivity index (χ4v) is 2.92. The third-order valence-corrected chi connectivity index (χ3v) is 4.32. The molecule has 0 atom stereocenters. The van der Waals surface area contributed by atoms with Crippen LogP contribution in [0, 0.1) is 5.82 Å². The Labute approximate surface area is 160 Å². The number of halogens is 1. The highest BCUT2D eigenvalue weighted by Crippen LogP contribution is 2.32. The monoisotopic (exact) mass is 380 g/mol. The third kappa shape index (κ3) is 3.32. The van der Waals surface area contributed by atoms with Gasteiger partial charge in [0.05, 0.1) is 14.2 Å². The summed E-state index contributed by atoms with van der Waals surface area (Å²) in [5, 5.41) is 7.99. The molecule has 0 saturated carbocycles. The highest BCUT2D eigenvalue weighted by Gasteiger charge is 2.17. The summed E-state index contributed by atoms with van der Waals surface area (Å²) in [5.74, 6) is 1.68. The Bertz CT molecular complexity index is 1110. The molecule has 2 aromatic carbocycles. The number of methoxy groups -OCH3 is 2. The highest BCUT2D eigenvalue weighted by atomic mass is 19.1. The maximum Gasteiger partial charge on any atom is 0.263 e. The van der Waals surface area contributed by atoms with Crippen molar-refractivity contribution in [3.63, 3.8) is 0 Å². The first-order valence-electron chi connectivity index (χ1n) is 8.50. The zero-order valence-corrected chi connectivity index (χ0v) is 15.3. The molecule has 2 heterocycles. The average Bonchev–Trinajstić information content (AvgIpc) is 3.17. The molecule has 4 aromatic rings. The Morgan fingerprint density at radius 2 is 1.86 bits per heavy atom. The Kier molecular flexibility index (Phi) is 4.76. The lowest BCUT2D eigenvalue weighted by atomic mass is 10.1. The molecule has 28 heavy (non-hydrogen) atoms. The van der Waals surface area contributed by atoms with Crippen LogP contribution in [-0.4, -0.2) is 29.3 Å². The Morgan fingerprint density at radius 3 is 2.61 bits per heavy atom. The van der Waals surface area contributed by atoms with Crippen LogP contribution in [0.5, 0.6) is 11.5 Å². The van der Waals surface area contributed by atoms with Crippen LogP contribution >= 0.6 is 0 Å². The van der Waals surface area contributed by atoms with Crippen molar-refractivity contribution in [3.8, 4) is 22.8 Å². The van der Waals surface area contributed by atoms with Gasteiger partial charge in [-0.05, 0) is 42.5 Å². The van der Waals surface area contributed by atoms with Crippen LogP contribution in [0.3, 0.4) is 0 Å². The number of anilines is 1. The van der Waals surface area contributed by atoms with E-state index in [1.807, 2.05) is 18.2 Å². The topological polar surface area (TPSA) is 82.3 Å². The van der Waals surface area contributed by atoms with Crippen LogP contribution in [-0.2, 0) is 6.54 Å². The zero-order valence-electron chi connectivity index (χ0n) is 15.3. The van der Waals surface area contributed by atoms with Crippen LogP contribution in [0.1, 0.15) is 5.56 Å². The van der Waals surface area contributed by atoms with Gasteiger partial charge in [-0.3, -0.25) is 0 Å². The summed E-state index contributed by atoms with van der Waals surface area (Å²) < 4.78 is 29.3. The average molecular weight is 380 g/mol. The first kappa shape index (κ1) is 17.7. The molecule has 0 unspecified atom stereocenters. The normalized spacial score (nSPS) is 10.8. The molecule has 0 amide bonds. The number of aromatic nitrogens is 3. The number of benzene rings is 2. The van der Waals surface area contributed by atoms with Gasteiger partial charge in [-0.15, -0.1) is 0 Å². The molecule has 2 aromatic heterocycles. The van der Waals surface area contributed by atoms with Crippen molar-refractivity contribution in [1.29, 1.82) is 0 Å². The third-order valence-electron chi connectivity index (χ3n) is 4.32. The molecule has 1 N–H and O–H groups in total. The number of nitrogens with zero attached hydrogens (tertiary/aromatic N) is 3. The number of hydrogen-bond acceptors (Lipinski definition) is 7. The smallest absolute Gasteiger partial charge is 0.263 e. The van der Waals surface area contributed by atoms with Gasteiger partial charge in [0.15, 0.2) is 0 Å². The second-order valence-electron chi connectivity index (χ2n) is 5.97. The maximum absolute atomic E-state index is 13.3. The van der Waals surface area contributed by atoms with Crippen LogP contribution in [0.2, 0.25) is 0 Å². The first-order valence-corrected chi connectivity index (χ1v) is 8.50. The lowest BCUT2D eigenvalue weighted by molar-refractivity contribution is 0.399. The van der Waals surface area contributed by atoms with Gasteiger partial charge in [0.1, 0.15) is 40.5 Å². The summed E-state index contributed by atoms with van der Waals surface area (Å²) in [4.78, 5) is 8.45. The van der Waals surface area contributed by atoms with Gasteiger partial charge < -0.3 is 19.3 Å². The highest BCUT2D eigenvalue weighted by molar-refractivity contribution is 5.97. The fraction of sp³-hybridized carbons (Fsp3) is 0.150. The minimum atomic E-state index is -0.323. The second-order valence-corrected chi connectivity index (χ2v) is 5.97. The van der Waals surface area contributed by atoms with Gasteiger partial charge in [-0.2, -0.15) is 4.98 Å². The summed E-state index contributed by atoms with van der Waals surface area (Å²) in [6.45, 7) is 0.431. The number of nitrogens with one attached hydrogen (secondary N) is 1. The first-order chi connectivity index (χ1) is 13.7. The van der Waals surface area contributed by atoms with E-state index >= 15 is 0 Å². The molecule has 0 fully saturated rings. The van der Waals surface area contributed by atoms with Crippen LogP contribution < -0.4 is 14.8 Å². The number of rotatable bonds is 6. The van der Waals surface area contributed by atoms with Crippen molar-refractivity contribution in [2.24, 2.45) is 0 Å². The van der Waals surface area contributed by atoms with E-state index in [2.05, 4.69) is 20.4 Å². The Balaban J connectivity index is 1.70. The van der Waals surface area contributed by atoms with Gasteiger partial charge in [0.25, 0.3) is 5.71 Å². The van der Waals surface area contributed by atoms with E-state index in [1.54, 1.807) is 26.4 Å². The molecule has 8 heteroatoms. The van der Waals surface area contributed by atoms with Gasteiger partial charge in [-0.1, -0.05) is 5.16 Å². The molecular formula is C20H17FN4O3. The zero-order chi connectivity index (χ0) is 19.5. The summed E-state index contributed by atoms with van der Waals surface area (Å²) in [6.07, 6.45) is 1.40. The Hall–Kier alpha value is -3.68. The van der Waals surface area contributed by atoms with Gasteiger partial charge in [-0.25, -0.2) is 9.37 Å². The number of ether oxygens (including phenoxy) is 2. The summed E-state index contributed by atoms with van der Waals surface area (Å²) in [7, 11) is 3.22. The van der Waals surface area contributed by atoms with Crippen LogP contribution in [0.15, 0.2) is 53.3 Å². The molecule has 7 nitrogen and oxygen atoms in total. The second kappa shape index (κ2) is 7.51. The van der Waals surface area contributed by atoms with E-state index < -0.39 is 0 Å². The number of fused-ring (bicyclic) bond motifs is 1. The summed E-state index contributed by atoms with van der Waals surface area (Å²) >= 11 is 0. The minimum Gasteiger partial charge on any atom is -0.497 e. The summed E-state index contributed by atoms with van der Waals surface area (Å²) in [5.41, 5.74) is 2.48. The van der Waals surface area contributed by atoms with E-state index in [4.69, 9.17) is 14.0 Å². The van der Waals surface area contributed by atoms with Gasteiger partial charge >= 0.3 is 0 Å². The van der Waals surface area contributed by atoms with Crippen LogP contribution in [0.25, 0.3) is 22.4 Å². The lowest BCUT2D eigenvalue weighted by Crippen LogP contribution is -2.04. The quantitative estimate of drug-likeness (QED) is 0.540. The predicted octanol–water partition coefficient (Wildman–Crippen LogP) is 4.05. The van der Waals surface area contributed by atoms with Crippen molar-refractivity contribution in [2.75, 3.05) is 19.5 Å². The van der Waals surface area contributed by atoms with Crippen LogP contribution in [0.4, 0.5) is 10.2 Å². The van der Waals surface area contributed by atoms with Crippen molar-refractivity contribution in [2.45, 2.75) is 6.54 Å². The molecule has 0 saturated heterocycles. The lowest BCUT2D eigenvalue weighted by Gasteiger charge is -2.12. The van der Waals surface area contributed by atoms with Gasteiger partial charge in [0, 0.05) is 17.7 Å². The van der Waals surface area contributed by atoms with Crippen molar-refractivity contribution in [1.82, 2.24) is 15.1 Å². The molecule has 0 aliphatic heterocycles. The molecule has 0 aliphatic rings. The molecule has 4 rings (SSSR count). The fourth-order valence-electron chi connectivity index (χ4n) is 2.92. The molecular weight excluding hydrogens is 363 g/mol. The standard InChI is InChI=1S/C20H17FN4O3/c1-26-15-7-8-16(27-2)13(9-15)10-22-19-17-18(12-3-5-14(21)6-4-12)25-28-20(17)24-11-23-19/h3-9,11H,10H2,1-2H3,(H,22,23,24). The van der Waals surface area contributed by atoms with Crippen molar-refractivity contribution >= 4 is 16.9 Å². The van der Waals surface area contributed by atoms with E-state index in [0.29, 0.717) is 34.7 Å². The Morgan fingerprint density at radius 1 is 1.04 bits per heavy atom. The molecule has 0 bridgehead atoms. The van der Waals surface area contributed by atoms with E-state index in [-0.39, 0.29) is 5.82 Å².